The van der Waals surface area contributed by atoms with Gasteiger partial charge in [0.25, 0.3) is 5.91 Å². The summed E-state index contributed by atoms with van der Waals surface area (Å²) in [4.78, 5) is 22.9. The molecule has 0 saturated carbocycles. The number of nitrogens with one attached hydrogen (secondary N) is 2. The molecule has 0 aliphatic carbocycles. The normalized spacial score (nSPS) is 14.1. The predicted molar refractivity (Wildman–Crippen MR) is 120 cm³/mol. The smallest absolute Gasteiger partial charge is 0.330 e. The maximum absolute atomic E-state index is 13.3. The molecule has 0 bridgehead atoms. The van der Waals surface area contributed by atoms with E-state index in [0.717, 1.165) is 6.08 Å². The Balaban J connectivity index is 1.95. The lowest BCUT2D eigenvalue weighted by Gasteiger charge is -2.21. The molecule has 1 heterocycles. The first-order chi connectivity index (χ1) is 15.7. The fraction of sp³-hybridized carbons (Fsp3) is 0.273. The summed E-state index contributed by atoms with van der Waals surface area (Å²) in [6.07, 6.45) is 2.57. The van der Waals surface area contributed by atoms with Gasteiger partial charge in [-0.05, 0) is 48.4 Å². The van der Waals surface area contributed by atoms with E-state index in [0.29, 0.717) is 22.6 Å². The summed E-state index contributed by atoms with van der Waals surface area (Å²) in [6.45, 7) is 1.59. The second-order valence-electron chi connectivity index (χ2n) is 7.05. The molecular weight excluding hydrogens is 452 g/mol. The van der Waals surface area contributed by atoms with Gasteiger partial charge in [-0.1, -0.05) is 6.07 Å². The minimum Gasteiger partial charge on any atom is -0.493 e. The fourth-order valence-corrected chi connectivity index (χ4v) is 4.66. The standard InChI is InChI=1S/C22H24N2O8S/c1-13(15-6-7-17-16(11-15)23-20(25)12-32-17)24-33(27,28)19-10-14(5-8-21(26)30-3)9-18(29-2)22(19)31-4/h5-11,13,24H,12H2,1-4H3,(H,23,25)/b8-5+. The van der Waals surface area contributed by atoms with E-state index in [1.165, 1.54) is 39.5 Å². The SMILES string of the molecule is COC(=O)/C=C/c1cc(OC)c(OC)c(S(=O)(=O)NC(C)c2ccc3c(c2)NC(=O)CO3)c1. The van der Waals surface area contributed by atoms with Gasteiger partial charge in [0.1, 0.15) is 10.6 Å². The van der Waals surface area contributed by atoms with Crippen molar-refractivity contribution in [1.29, 1.82) is 0 Å². The quantitative estimate of drug-likeness (QED) is 0.438. The van der Waals surface area contributed by atoms with Crippen LogP contribution in [-0.4, -0.2) is 48.2 Å². The van der Waals surface area contributed by atoms with E-state index in [-0.39, 0.29) is 28.9 Å². The lowest BCUT2D eigenvalue weighted by molar-refractivity contribution is -0.134. The number of anilines is 1. The molecule has 11 heteroatoms. The van der Waals surface area contributed by atoms with Crippen molar-refractivity contribution in [1.82, 2.24) is 4.72 Å². The van der Waals surface area contributed by atoms with E-state index in [4.69, 9.17) is 14.2 Å². The van der Waals surface area contributed by atoms with Crippen LogP contribution in [0.4, 0.5) is 5.69 Å². The van der Waals surface area contributed by atoms with E-state index >= 15 is 0 Å². The summed E-state index contributed by atoms with van der Waals surface area (Å²) in [5.74, 6) is -0.194. The summed E-state index contributed by atoms with van der Waals surface area (Å²) < 4.78 is 49.7. The van der Waals surface area contributed by atoms with E-state index < -0.39 is 22.0 Å². The number of carbonyl (C=O) groups excluding carboxylic acids is 2. The Kier molecular flexibility index (Phi) is 7.24. The van der Waals surface area contributed by atoms with Crippen molar-refractivity contribution < 1.29 is 37.0 Å². The van der Waals surface area contributed by atoms with E-state index in [2.05, 4.69) is 14.8 Å². The largest absolute Gasteiger partial charge is 0.493 e. The van der Waals surface area contributed by atoms with Crippen LogP contribution in [0.15, 0.2) is 41.3 Å². The second kappa shape index (κ2) is 9.92. The molecule has 0 saturated heterocycles. The summed E-state index contributed by atoms with van der Waals surface area (Å²) in [7, 11) is -0.162. The number of benzene rings is 2. The highest BCUT2D eigenvalue weighted by Gasteiger charge is 2.26. The van der Waals surface area contributed by atoms with Crippen LogP contribution in [0.5, 0.6) is 17.2 Å². The van der Waals surface area contributed by atoms with Crippen molar-refractivity contribution in [2.24, 2.45) is 0 Å². The van der Waals surface area contributed by atoms with Crippen molar-refractivity contribution in [2.75, 3.05) is 33.3 Å². The molecule has 0 radical (unpaired) electrons. The lowest BCUT2D eigenvalue weighted by atomic mass is 10.1. The molecular formula is C22H24N2O8S. The molecule has 2 N–H and O–H groups in total. The molecule has 0 fully saturated rings. The van der Waals surface area contributed by atoms with Crippen LogP contribution in [-0.2, 0) is 24.3 Å². The van der Waals surface area contributed by atoms with Crippen molar-refractivity contribution in [3.05, 3.63) is 47.5 Å². The zero-order chi connectivity index (χ0) is 24.2. The third-order valence-electron chi connectivity index (χ3n) is 4.84. The van der Waals surface area contributed by atoms with E-state index in [1.807, 2.05) is 0 Å². The zero-order valence-corrected chi connectivity index (χ0v) is 19.3. The third-order valence-corrected chi connectivity index (χ3v) is 6.38. The first kappa shape index (κ1) is 24.1. The molecule has 1 unspecified atom stereocenters. The summed E-state index contributed by atoms with van der Waals surface area (Å²) in [6, 6.07) is 7.24. The van der Waals surface area contributed by atoms with Gasteiger partial charge in [-0.15, -0.1) is 0 Å². The molecule has 33 heavy (non-hydrogen) atoms. The summed E-state index contributed by atoms with van der Waals surface area (Å²) >= 11 is 0. The highest BCUT2D eigenvalue weighted by molar-refractivity contribution is 7.89. The molecule has 176 valence electrons. The number of ether oxygens (including phenoxy) is 4. The van der Waals surface area contributed by atoms with Gasteiger partial charge < -0.3 is 24.3 Å². The maximum Gasteiger partial charge on any atom is 0.330 e. The number of hydrogen-bond acceptors (Lipinski definition) is 8. The van der Waals surface area contributed by atoms with Gasteiger partial charge >= 0.3 is 5.97 Å². The molecule has 10 nitrogen and oxygen atoms in total. The van der Waals surface area contributed by atoms with Crippen LogP contribution in [0.3, 0.4) is 0 Å². The van der Waals surface area contributed by atoms with E-state index in [9.17, 15) is 18.0 Å². The van der Waals surface area contributed by atoms with Gasteiger partial charge in [-0.2, -0.15) is 0 Å². The zero-order valence-electron chi connectivity index (χ0n) is 18.5. The Morgan fingerprint density at radius 2 is 1.94 bits per heavy atom. The highest BCUT2D eigenvalue weighted by atomic mass is 32.2. The first-order valence-electron chi connectivity index (χ1n) is 9.79. The van der Waals surface area contributed by atoms with Crippen LogP contribution in [0.2, 0.25) is 0 Å². The number of hydrogen-bond donors (Lipinski definition) is 2. The van der Waals surface area contributed by atoms with Crippen LogP contribution >= 0.6 is 0 Å². The number of methoxy groups -OCH3 is 3. The third kappa shape index (κ3) is 5.44. The fourth-order valence-electron chi connectivity index (χ4n) is 3.21. The number of fused-ring (bicyclic) bond motifs is 1. The molecule has 0 aromatic heterocycles. The van der Waals surface area contributed by atoms with Gasteiger partial charge in [-0.25, -0.2) is 17.9 Å². The van der Waals surface area contributed by atoms with Crippen LogP contribution in [0.1, 0.15) is 24.1 Å². The monoisotopic (exact) mass is 476 g/mol. The average molecular weight is 477 g/mol. The maximum atomic E-state index is 13.3. The minimum atomic E-state index is -4.11. The van der Waals surface area contributed by atoms with Crippen molar-refractivity contribution >= 4 is 33.7 Å². The Labute approximate surface area is 191 Å². The van der Waals surface area contributed by atoms with Crippen LogP contribution < -0.4 is 24.2 Å². The topological polar surface area (TPSA) is 129 Å². The highest BCUT2D eigenvalue weighted by Crippen LogP contribution is 2.37. The Morgan fingerprint density at radius 1 is 1.18 bits per heavy atom. The van der Waals surface area contributed by atoms with Gasteiger partial charge in [-0.3, -0.25) is 4.79 Å². The molecule has 1 atom stereocenters. The van der Waals surface area contributed by atoms with E-state index in [1.54, 1.807) is 25.1 Å². The second-order valence-corrected chi connectivity index (χ2v) is 8.73. The molecule has 3 rings (SSSR count). The van der Waals surface area contributed by atoms with Gasteiger partial charge in [0, 0.05) is 12.1 Å². The van der Waals surface area contributed by atoms with Gasteiger partial charge in [0.2, 0.25) is 10.0 Å². The van der Waals surface area contributed by atoms with Crippen LogP contribution in [0.25, 0.3) is 6.08 Å². The van der Waals surface area contributed by atoms with Crippen molar-refractivity contribution in [3.63, 3.8) is 0 Å². The minimum absolute atomic E-state index is 0.0125. The molecule has 1 aliphatic rings. The van der Waals surface area contributed by atoms with Crippen molar-refractivity contribution in [3.8, 4) is 17.2 Å². The Bertz CT molecular complexity index is 1210. The first-order valence-corrected chi connectivity index (χ1v) is 11.3. The number of amides is 1. The molecule has 2 aromatic carbocycles. The van der Waals surface area contributed by atoms with Gasteiger partial charge in [0.05, 0.1) is 27.0 Å². The summed E-state index contributed by atoms with van der Waals surface area (Å²) in [5.41, 5.74) is 1.46. The molecule has 2 aromatic rings. The van der Waals surface area contributed by atoms with Crippen molar-refractivity contribution in [2.45, 2.75) is 17.9 Å². The van der Waals surface area contributed by atoms with Crippen LogP contribution in [0, 0.1) is 0 Å². The molecule has 1 amide bonds. The summed E-state index contributed by atoms with van der Waals surface area (Å²) in [5, 5.41) is 2.70. The number of sulfonamides is 1. The predicted octanol–water partition coefficient (Wildman–Crippen LogP) is 2.26. The number of carbonyl (C=O) groups is 2. The molecule has 0 spiro atoms. The lowest BCUT2D eigenvalue weighted by Crippen LogP contribution is -2.28. The molecule has 1 aliphatic heterocycles. The Hall–Kier alpha value is -3.57. The van der Waals surface area contributed by atoms with Gasteiger partial charge in [0.15, 0.2) is 18.1 Å². The number of esters is 1. The Morgan fingerprint density at radius 3 is 2.61 bits per heavy atom. The average Bonchev–Trinajstić information content (AvgIpc) is 2.80. The number of rotatable bonds is 8.